The first kappa shape index (κ1) is 29.3. The summed E-state index contributed by atoms with van der Waals surface area (Å²) in [5.74, 6) is -3.58. The lowest BCUT2D eigenvalue weighted by Gasteiger charge is -2.29. The quantitative estimate of drug-likeness (QED) is 0.164. The van der Waals surface area contributed by atoms with Gasteiger partial charge in [0, 0.05) is 17.0 Å². The molecule has 0 aromatic heterocycles. The Hall–Kier alpha value is -2.66. The van der Waals surface area contributed by atoms with Crippen LogP contribution in [0.3, 0.4) is 0 Å². The maximum absolute atomic E-state index is 15.2. The lowest BCUT2D eigenvalue weighted by Crippen LogP contribution is -2.25. The van der Waals surface area contributed by atoms with Crippen LogP contribution in [0.4, 0.5) is 17.6 Å². The smallest absolute Gasteiger partial charge is 0.166 e. The highest BCUT2D eigenvalue weighted by molar-refractivity contribution is 5.71. The summed E-state index contributed by atoms with van der Waals surface area (Å²) < 4.78 is 65.9. The Kier molecular flexibility index (Phi) is 10.6. The highest BCUT2D eigenvalue weighted by Gasteiger charge is 2.27. The minimum atomic E-state index is -0.894. The second-order valence-corrected chi connectivity index (χ2v) is 10.8. The molecule has 3 aromatic carbocycles. The molecule has 1 heterocycles. The Balaban J connectivity index is 1.45. The van der Waals surface area contributed by atoms with E-state index in [1.807, 2.05) is 0 Å². The Morgan fingerprint density at radius 2 is 1.26 bits per heavy atom. The van der Waals surface area contributed by atoms with Crippen molar-refractivity contribution in [2.75, 3.05) is 6.61 Å². The summed E-state index contributed by atoms with van der Waals surface area (Å²) >= 11 is 0. The molecule has 1 nitrogen and oxygen atoms in total. The second-order valence-electron chi connectivity index (χ2n) is 10.8. The van der Waals surface area contributed by atoms with Gasteiger partial charge in [0.15, 0.2) is 23.3 Å². The number of hydrogen-bond acceptors (Lipinski definition) is 1. The molecule has 0 spiro atoms. The predicted octanol–water partition coefficient (Wildman–Crippen LogP) is 10.5. The van der Waals surface area contributed by atoms with Gasteiger partial charge in [0.1, 0.15) is 0 Å². The van der Waals surface area contributed by atoms with Gasteiger partial charge in [0.05, 0.1) is 12.7 Å². The van der Waals surface area contributed by atoms with Crippen molar-refractivity contribution in [3.8, 4) is 22.3 Å². The van der Waals surface area contributed by atoms with Crippen LogP contribution in [-0.2, 0) is 11.2 Å². The van der Waals surface area contributed by atoms with Crippen LogP contribution in [0.5, 0.6) is 0 Å². The molecule has 0 radical (unpaired) electrons. The number of halogens is 4. The fourth-order valence-corrected chi connectivity index (χ4v) is 5.58. The molecule has 0 bridgehead atoms. The largest absolute Gasteiger partial charge is 0.378 e. The van der Waals surface area contributed by atoms with Crippen LogP contribution in [0.1, 0.15) is 95.1 Å². The maximum Gasteiger partial charge on any atom is 0.166 e. The minimum absolute atomic E-state index is 0.144. The summed E-state index contributed by atoms with van der Waals surface area (Å²) in [6, 6.07) is 13.0. The Morgan fingerprint density at radius 3 is 1.87 bits per heavy atom. The molecule has 0 aliphatic carbocycles. The van der Waals surface area contributed by atoms with E-state index < -0.39 is 23.3 Å². The third-order valence-electron chi connectivity index (χ3n) is 8.02. The Morgan fingerprint density at radius 1 is 0.641 bits per heavy atom. The number of aryl methyl sites for hydroxylation is 1. The van der Waals surface area contributed by atoms with Crippen LogP contribution in [-0.4, -0.2) is 12.7 Å². The normalized spacial score (nSPS) is 17.5. The first-order valence-electron chi connectivity index (χ1n) is 14.6. The van der Waals surface area contributed by atoms with Gasteiger partial charge in [-0.3, -0.25) is 0 Å². The number of unbranched alkanes of at least 4 members (excludes halogenated alkanes) is 5. The fourth-order valence-electron chi connectivity index (χ4n) is 5.58. The van der Waals surface area contributed by atoms with Gasteiger partial charge in [0.25, 0.3) is 0 Å². The zero-order valence-electron chi connectivity index (χ0n) is 23.2. The van der Waals surface area contributed by atoms with Crippen molar-refractivity contribution in [2.45, 2.75) is 96.5 Å². The third kappa shape index (κ3) is 7.11. The van der Waals surface area contributed by atoms with Gasteiger partial charge in [-0.05, 0) is 54.4 Å². The van der Waals surface area contributed by atoms with E-state index in [-0.39, 0.29) is 23.1 Å². The molecule has 1 aliphatic rings. The van der Waals surface area contributed by atoms with E-state index in [4.69, 9.17) is 4.74 Å². The first-order chi connectivity index (χ1) is 18.9. The molecule has 0 saturated carbocycles. The van der Waals surface area contributed by atoms with Gasteiger partial charge < -0.3 is 4.74 Å². The van der Waals surface area contributed by atoms with Crippen LogP contribution in [0.2, 0.25) is 0 Å². The molecule has 1 fully saturated rings. The van der Waals surface area contributed by atoms with Gasteiger partial charge in [-0.15, -0.1) is 0 Å². The summed E-state index contributed by atoms with van der Waals surface area (Å²) in [4.78, 5) is 0. The van der Waals surface area contributed by atoms with Gasteiger partial charge in [-0.25, -0.2) is 17.6 Å². The van der Waals surface area contributed by atoms with E-state index in [2.05, 4.69) is 13.8 Å². The zero-order chi connectivity index (χ0) is 27.8. The van der Waals surface area contributed by atoms with Gasteiger partial charge in [-0.1, -0.05) is 101 Å². The summed E-state index contributed by atoms with van der Waals surface area (Å²) in [6.07, 6.45) is 10.8. The van der Waals surface area contributed by atoms with Crippen LogP contribution in [0.25, 0.3) is 22.3 Å². The second kappa shape index (κ2) is 14.1. The van der Waals surface area contributed by atoms with Crippen LogP contribution >= 0.6 is 0 Å². The van der Waals surface area contributed by atoms with E-state index in [1.165, 1.54) is 6.42 Å². The molecule has 1 aliphatic heterocycles. The molecular weight excluding hydrogens is 500 g/mol. The first-order valence-corrected chi connectivity index (χ1v) is 14.6. The summed E-state index contributed by atoms with van der Waals surface area (Å²) in [7, 11) is 0. The summed E-state index contributed by atoms with van der Waals surface area (Å²) in [6.45, 7) is 4.68. The summed E-state index contributed by atoms with van der Waals surface area (Å²) in [5.41, 5.74) is 2.00. The van der Waals surface area contributed by atoms with Crippen molar-refractivity contribution in [1.82, 2.24) is 0 Å². The number of benzene rings is 3. The number of ether oxygens (including phenoxy) is 1. The molecule has 4 rings (SSSR count). The average molecular weight is 541 g/mol. The molecule has 2 unspecified atom stereocenters. The van der Waals surface area contributed by atoms with Crippen molar-refractivity contribution >= 4 is 0 Å². The highest BCUT2D eigenvalue weighted by atomic mass is 19.2. The lowest BCUT2D eigenvalue weighted by molar-refractivity contribution is -0.00277. The molecular formula is C34H40F4O. The van der Waals surface area contributed by atoms with Gasteiger partial charge >= 0.3 is 0 Å². The standard InChI is InChI=1S/C34H40F4O/c1-3-5-7-9-10-25-17-19-28(32(36)31(25)35)23-12-14-24(15-13-23)29-20-21-30(34(38)33(29)37)26-16-18-27(39-22-26)11-8-6-4-2/h12-15,17,19-21,26-27H,3-11,16,18,22H2,1-2H3. The van der Waals surface area contributed by atoms with Crippen molar-refractivity contribution in [3.05, 3.63) is 82.9 Å². The topological polar surface area (TPSA) is 9.23 Å². The van der Waals surface area contributed by atoms with Crippen LogP contribution in [0.15, 0.2) is 48.5 Å². The van der Waals surface area contributed by atoms with Gasteiger partial charge in [0.2, 0.25) is 0 Å². The maximum atomic E-state index is 15.2. The van der Waals surface area contributed by atoms with Crippen molar-refractivity contribution in [2.24, 2.45) is 0 Å². The van der Waals surface area contributed by atoms with E-state index in [0.717, 1.165) is 57.8 Å². The van der Waals surface area contributed by atoms with Crippen molar-refractivity contribution in [1.29, 1.82) is 0 Å². The molecule has 5 heteroatoms. The van der Waals surface area contributed by atoms with Crippen LogP contribution < -0.4 is 0 Å². The van der Waals surface area contributed by atoms with Crippen LogP contribution in [0, 0.1) is 23.3 Å². The van der Waals surface area contributed by atoms with Gasteiger partial charge in [-0.2, -0.15) is 0 Å². The Bertz CT molecular complexity index is 1210. The zero-order valence-corrected chi connectivity index (χ0v) is 23.2. The lowest BCUT2D eigenvalue weighted by atomic mass is 9.88. The average Bonchev–Trinajstić information content (AvgIpc) is 2.96. The van der Waals surface area contributed by atoms with E-state index in [0.29, 0.717) is 35.3 Å². The van der Waals surface area contributed by atoms with E-state index in [9.17, 15) is 8.78 Å². The molecule has 3 aromatic rings. The highest BCUT2D eigenvalue weighted by Crippen LogP contribution is 2.36. The third-order valence-corrected chi connectivity index (χ3v) is 8.02. The molecule has 2 atom stereocenters. The molecule has 1 saturated heterocycles. The number of rotatable bonds is 12. The van der Waals surface area contributed by atoms with Crippen molar-refractivity contribution < 1.29 is 22.3 Å². The van der Waals surface area contributed by atoms with E-state index >= 15 is 8.78 Å². The summed E-state index contributed by atoms with van der Waals surface area (Å²) in [5, 5.41) is 0. The van der Waals surface area contributed by atoms with Crippen molar-refractivity contribution in [3.63, 3.8) is 0 Å². The molecule has 0 amide bonds. The monoisotopic (exact) mass is 540 g/mol. The molecule has 39 heavy (non-hydrogen) atoms. The van der Waals surface area contributed by atoms with E-state index in [1.54, 1.807) is 48.5 Å². The Labute approximate surface area is 230 Å². The SMILES string of the molecule is CCCCCCc1ccc(-c2ccc(-c3ccc(C4CCC(CCCCC)OC4)c(F)c3F)cc2)c(F)c1F. The molecule has 210 valence electrons. The minimum Gasteiger partial charge on any atom is -0.378 e. The fraction of sp³-hybridized carbons (Fsp3) is 0.471. The number of hydrogen-bond donors (Lipinski definition) is 0. The molecule has 0 N–H and O–H groups in total. The predicted molar refractivity (Wildman–Crippen MR) is 151 cm³/mol.